The quantitative estimate of drug-likeness (QED) is 0.310. The molecule has 2 aromatic rings. The number of rotatable bonds is 10. The van der Waals surface area contributed by atoms with Gasteiger partial charge >= 0.3 is 0 Å². The Balaban J connectivity index is 0.00000242. The van der Waals surface area contributed by atoms with Crippen molar-refractivity contribution in [1.29, 1.82) is 0 Å². The van der Waals surface area contributed by atoms with Gasteiger partial charge in [-0.2, -0.15) is 4.57 Å². The predicted octanol–water partition coefficient (Wildman–Crippen LogP) is 2.80. The summed E-state index contributed by atoms with van der Waals surface area (Å²) in [7, 11) is 2.21. The van der Waals surface area contributed by atoms with E-state index >= 15 is 0 Å². The Bertz CT molecular complexity index is 535. The molecular weight excluding hydrogens is 401 g/mol. The molecule has 0 aliphatic rings. The summed E-state index contributed by atoms with van der Waals surface area (Å²) in [6.45, 7) is 2.29. The summed E-state index contributed by atoms with van der Waals surface area (Å²) in [5, 5.41) is 1.53. The lowest BCUT2D eigenvalue weighted by Crippen LogP contribution is -3.00. The number of unbranched alkanes of at least 4 members (excludes halogenated alkanes) is 8. The summed E-state index contributed by atoms with van der Waals surface area (Å²) < 4.78 is 3.80. The zero-order valence-electron chi connectivity index (χ0n) is 14.1. The molecule has 0 N–H and O–H groups in total. The van der Waals surface area contributed by atoms with Gasteiger partial charge in [0.05, 0.1) is 0 Å². The molecule has 0 atom stereocenters. The molecule has 0 amide bonds. The van der Waals surface area contributed by atoms with E-state index in [1.54, 1.807) is 0 Å². The van der Waals surface area contributed by atoms with Gasteiger partial charge in [0.2, 0.25) is 10.5 Å². The monoisotopic (exact) mass is 431 g/mol. The van der Waals surface area contributed by atoms with Gasteiger partial charge in [-0.1, -0.05) is 81.8 Å². The van der Waals surface area contributed by atoms with Crippen LogP contribution in [-0.2, 0) is 13.5 Å². The molecule has 2 rings (SSSR count). The van der Waals surface area contributed by atoms with Crippen LogP contribution < -0.4 is 28.5 Å². The number of para-hydroxylation sites is 1. The fourth-order valence-corrected chi connectivity index (χ4v) is 4.15. The van der Waals surface area contributed by atoms with Gasteiger partial charge in [-0.3, -0.25) is 0 Å². The molecule has 1 aromatic carbocycles. The van der Waals surface area contributed by atoms with E-state index in [9.17, 15) is 0 Å². The van der Waals surface area contributed by atoms with Crippen LogP contribution in [0.1, 0.15) is 69.7 Å². The standard InChI is InChI=1S/C19H30NS.HI/c1-3-4-5-6-7-8-9-10-11-16-19-20(2)17-14-12-13-15-18(17)21-19;/h12-15H,3-11,16H2,1-2H3;1H/q+1;/p-1. The Morgan fingerprint density at radius 3 is 2.09 bits per heavy atom. The topological polar surface area (TPSA) is 3.88 Å². The Hall–Kier alpha value is -0.160. The van der Waals surface area contributed by atoms with E-state index in [0.717, 1.165) is 0 Å². The zero-order chi connectivity index (χ0) is 14.9. The number of nitrogens with zero attached hydrogens (tertiary/aromatic N) is 1. The van der Waals surface area contributed by atoms with Crippen LogP contribution in [0, 0.1) is 0 Å². The molecule has 124 valence electrons. The van der Waals surface area contributed by atoms with Crippen molar-refractivity contribution in [3.8, 4) is 0 Å². The predicted molar refractivity (Wildman–Crippen MR) is 93.9 cm³/mol. The molecule has 0 radical (unpaired) electrons. The summed E-state index contributed by atoms with van der Waals surface area (Å²) in [6.07, 6.45) is 13.9. The van der Waals surface area contributed by atoms with E-state index < -0.39 is 0 Å². The summed E-state index contributed by atoms with van der Waals surface area (Å²) in [5.74, 6) is 0. The van der Waals surface area contributed by atoms with Crippen molar-refractivity contribution in [3.63, 3.8) is 0 Å². The number of hydrogen-bond acceptors (Lipinski definition) is 1. The van der Waals surface area contributed by atoms with E-state index in [2.05, 4.69) is 42.8 Å². The molecule has 1 heterocycles. The van der Waals surface area contributed by atoms with Gasteiger partial charge in [0, 0.05) is 12.5 Å². The maximum atomic E-state index is 2.38. The highest BCUT2D eigenvalue weighted by Crippen LogP contribution is 2.21. The minimum atomic E-state index is 0. The number of fused-ring (bicyclic) bond motifs is 1. The maximum Gasteiger partial charge on any atom is 0.238 e. The number of aromatic nitrogens is 1. The highest BCUT2D eigenvalue weighted by molar-refractivity contribution is 7.18. The van der Waals surface area contributed by atoms with Gasteiger partial charge in [0.1, 0.15) is 11.7 Å². The first-order valence-electron chi connectivity index (χ1n) is 8.69. The minimum absolute atomic E-state index is 0. The number of aryl methyl sites for hydroxylation is 2. The van der Waals surface area contributed by atoms with Gasteiger partial charge in [-0.05, 0) is 12.5 Å². The maximum absolute atomic E-state index is 2.38. The SMILES string of the molecule is CCCCCCCCCCCc1sc2ccccc2[n+]1C.[I-]. The Morgan fingerprint density at radius 1 is 0.864 bits per heavy atom. The van der Waals surface area contributed by atoms with Crippen LogP contribution in [0.4, 0.5) is 0 Å². The van der Waals surface area contributed by atoms with Crippen molar-refractivity contribution in [2.24, 2.45) is 7.05 Å². The van der Waals surface area contributed by atoms with Crippen molar-refractivity contribution >= 4 is 21.6 Å². The van der Waals surface area contributed by atoms with Crippen LogP contribution in [0.2, 0.25) is 0 Å². The average Bonchev–Trinajstić information content (AvgIpc) is 2.83. The van der Waals surface area contributed by atoms with Crippen LogP contribution in [0.5, 0.6) is 0 Å². The van der Waals surface area contributed by atoms with Crippen LogP contribution in [0.15, 0.2) is 24.3 Å². The first kappa shape index (κ1) is 19.9. The second-order valence-corrected chi connectivity index (χ2v) is 7.22. The zero-order valence-corrected chi connectivity index (χ0v) is 17.1. The molecule has 0 fully saturated rings. The molecule has 22 heavy (non-hydrogen) atoms. The molecule has 0 spiro atoms. The molecule has 0 aliphatic carbocycles. The Labute approximate surface area is 157 Å². The number of hydrogen-bond donors (Lipinski definition) is 0. The second-order valence-electron chi connectivity index (χ2n) is 6.10. The third kappa shape index (κ3) is 6.15. The van der Waals surface area contributed by atoms with Crippen molar-refractivity contribution < 1.29 is 28.5 Å². The highest BCUT2D eigenvalue weighted by Gasteiger charge is 2.15. The minimum Gasteiger partial charge on any atom is -1.00 e. The van der Waals surface area contributed by atoms with E-state index in [0.29, 0.717) is 0 Å². The molecule has 0 saturated carbocycles. The average molecular weight is 431 g/mol. The van der Waals surface area contributed by atoms with Gasteiger partial charge in [0.25, 0.3) is 0 Å². The largest absolute Gasteiger partial charge is 1.00 e. The third-order valence-corrected chi connectivity index (χ3v) is 5.60. The molecule has 0 bridgehead atoms. The highest BCUT2D eigenvalue weighted by atomic mass is 127. The van der Waals surface area contributed by atoms with Gasteiger partial charge < -0.3 is 24.0 Å². The normalized spacial score (nSPS) is 10.8. The third-order valence-electron chi connectivity index (χ3n) is 4.32. The fourth-order valence-electron chi connectivity index (χ4n) is 2.96. The lowest BCUT2D eigenvalue weighted by Gasteiger charge is -2.00. The number of thiazole rings is 1. The lowest BCUT2D eigenvalue weighted by atomic mass is 10.1. The molecule has 0 saturated heterocycles. The van der Waals surface area contributed by atoms with E-state index in [1.807, 2.05) is 11.3 Å². The Morgan fingerprint density at radius 2 is 1.45 bits per heavy atom. The van der Waals surface area contributed by atoms with Crippen LogP contribution >= 0.6 is 11.3 Å². The first-order chi connectivity index (χ1) is 10.3. The number of halogens is 1. The van der Waals surface area contributed by atoms with E-state index in [1.165, 1.54) is 79.4 Å². The summed E-state index contributed by atoms with van der Waals surface area (Å²) in [6, 6.07) is 8.74. The summed E-state index contributed by atoms with van der Waals surface area (Å²) in [5.41, 5.74) is 1.38. The summed E-state index contributed by atoms with van der Waals surface area (Å²) >= 11 is 1.96. The molecule has 3 heteroatoms. The van der Waals surface area contributed by atoms with Gasteiger partial charge in [0.15, 0.2) is 0 Å². The Kier molecular flexibility index (Phi) is 10.3. The molecule has 1 nitrogen and oxygen atoms in total. The van der Waals surface area contributed by atoms with Gasteiger partial charge in [-0.15, -0.1) is 0 Å². The van der Waals surface area contributed by atoms with Crippen molar-refractivity contribution in [3.05, 3.63) is 29.3 Å². The smallest absolute Gasteiger partial charge is 0.238 e. The first-order valence-corrected chi connectivity index (χ1v) is 9.51. The summed E-state index contributed by atoms with van der Waals surface area (Å²) in [4.78, 5) is 0. The van der Waals surface area contributed by atoms with Crippen molar-refractivity contribution in [1.82, 2.24) is 0 Å². The second kappa shape index (κ2) is 11.4. The van der Waals surface area contributed by atoms with Crippen molar-refractivity contribution in [2.75, 3.05) is 0 Å². The van der Waals surface area contributed by atoms with Crippen LogP contribution in [-0.4, -0.2) is 0 Å². The fraction of sp³-hybridized carbons (Fsp3) is 0.632. The lowest BCUT2D eigenvalue weighted by molar-refractivity contribution is -0.648. The molecule has 0 aliphatic heterocycles. The van der Waals surface area contributed by atoms with Crippen LogP contribution in [0.25, 0.3) is 10.2 Å². The number of benzene rings is 1. The molecule has 0 unspecified atom stereocenters. The van der Waals surface area contributed by atoms with E-state index in [-0.39, 0.29) is 24.0 Å². The van der Waals surface area contributed by atoms with Crippen LogP contribution in [0.3, 0.4) is 0 Å². The van der Waals surface area contributed by atoms with Gasteiger partial charge in [-0.25, -0.2) is 0 Å². The molecule has 1 aromatic heterocycles. The van der Waals surface area contributed by atoms with Crippen molar-refractivity contribution in [2.45, 2.75) is 71.1 Å². The van der Waals surface area contributed by atoms with E-state index in [4.69, 9.17) is 0 Å². The molecular formula is C19H30INS.